The van der Waals surface area contributed by atoms with Gasteiger partial charge in [-0.15, -0.1) is 0 Å². The number of fused-ring (bicyclic) bond motifs is 3. The summed E-state index contributed by atoms with van der Waals surface area (Å²) in [6.07, 6.45) is 9.86. The van der Waals surface area contributed by atoms with Gasteiger partial charge in [0.05, 0.1) is 0 Å². The van der Waals surface area contributed by atoms with Crippen molar-refractivity contribution in [3.8, 4) is 0 Å². The van der Waals surface area contributed by atoms with Crippen LogP contribution in [0.1, 0.15) is 50.2 Å². The Morgan fingerprint density at radius 2 is 1.55 bits per heavy atom. The first-order valence-electron chi connectivity index (χ1n) is 8.64. The van der Waals surface area contributed by atoms with Crippen LogP contribution in [0.4, 0.5) is 0 Å². The molecule has 3 atom stereocenters. The van der Waals surface area contributed by atoms with Crippen LogP contribution >= 0.6 is 0 Å². The summed E-state index contributed by atoms with van der Waals surface area (Å²) in [4.78, 5) is 0. The minimum Gasteiger partial charge on any atom is -0.311 e. The largest absolute Gasteiger partial charge is 0.311 e. The van der Waals surface area contributed by atoms with Crippen LogP contribution in [0.25, 0.3) is 0 Å². The molecule has 1 nitrogen and oxygen atoms in total. The Kier molecular flexibility index (Phi) is 3.34. The van der Waals surface area contributed by atoms with Crippen LogP contribution in [0.2, 0.25) is 0 Å². The average Bonchev–Trinajstić information content (AvgIpc) is 2.64. The van der Waals surface area contributed by atoms with Crippen molar-refractivity contribution < 1.29 is 0 Å². The van der Waals surface area contributed by atoms with Crippen LogP contribution in [0, 0.1) is 17.8 Å². The molecule has 0 saturated heterocycles. The van der Waals surface area contributed by atoms with Gasteiger partial charge in [-0.3, -0.25) is 0 Å². The third kappa shape index (κ3) is 2.20. The molecule has 2 bridgehead atoms. The lowest BCUT2D eigenvalue weighted by atomic mass is 9.79. The van der Waals surface area contributed by atoms with Crippen molar-refractivity contribution >= 4 is 0 Å². The molecule has 108 valence electrons. The quantitative estimate of drug-likeness (QED) is 0.876. The van der Waals surface area contributed by atoms with E-state index in [0.717, 1.165) is 29.8 Å². The van der Waals surface area contributed by atoms with Gasteiger partial charge in [0.2, 0.25) is 0 Å². The van der Waals surface area contributed by atoms with Crippen molar-refractivity contribution in [1.29, 1.82) is 0 Å². The Bertz CT molecular complexity index is 443. The van der Waals surface area contributed by atoms with E-state index in [1.54, 1.807) is 11.1 Å². The third-order valence-corrected chi connectivity index (χ3v) is 6.32. The van der Waals surface area contributed by atoms with Crippen molar-refractivity contribution in [3.05, 3.63) is 35.4 Å². The first-order chi connectivity index (χ1) is 9.81. The molecular weight excluding hydrogens is 242 g/mol. The van der Waals surface area contributed by atoms with Crippen LogP contribution in [-0.4, -0.2) is 12.1 Å². The van der Waals surface area contributed by atoms with Gasteiger partial charge in [-0.2, -0.15) is 0 Å². The normalized spacial score (nSPS) is 34.1. The molecule has 1 aromatic rings. The maximum absolute atomic E-state index is 4.06. The van der Waals surface area contributed by atoms with Gasteiger partial charge < -0.3 is 5.32 Å². The summed E-state index contributed by atoms with van der Waals surface area (Å²) in [5, 5.41) is 4.06. The van der Waals surface area contributed by atoms with E-state index in [1.807, 2.05) is 0 Å². The first-order valence-corrected chi connectivity index (χ1v) is 8.64. The molecule has 3 aliphatic carbocycles. The molecular formula is C19H27N. The fraction of sp³-hybridized carbons (Fsp3) is 0.684. The molecule has 3 aliphatic rings. The number of rotatable bonds is 3. The smallest absolute Gasteiger partial charge is 0.0132 e. The standard InChI is InChI=1S/C19H27N/c1-13(14-7-4-8-14)20-19-17-9-10-18(19)12-16-6-3-2-5-15(16)11-17/h2-3,5-6,13-14,17-20H,4,7-12H2,1H3. The van der Waals surface area contributed by atoms with E-state index < -0.39 is 0 Å². The molecule has 0 aliphatic heterocycles. The van der Waals surface area contributed by atoms with Crippen molar-refractivity contribution in [1.82, 2.24) is 5.32 Å². The average molecular weight is 269 g/mol. The van der Waals surface area contributed by atoms with Gasteiger partial charge in [-0.1, -0.05) is 30.7 Å². The molecule has 0 aromatic heterocycles. The highest BCUT2D eigenvalue weighted by Gasteiger charge is 2.40. The molecule has 3 unspecified atom stereocenters. The van der Waals surface area contributed by atoms with Gasteiger partial charge in [0.15, 0.2) is 0 Å². The van der Waals surface area contributed by atoms with Crippen molar-refractivity contribution in [2.45, 2.75) is 64.0 Å². The van der Waals surface area contributed by atoms with E-state index in [-0.39, 0.29) is 0 Å². The number of nitrogens with one attached hydrogen (secondary N) is 1. The second-order valence-corrected chi connectivity index (χ2v) is 7.45. The molecule has 0 heterocycles. The first kappa shape index (κ1) is 12.9. The second-order valence-electron chi connectivity index (χ2n) is 7.45. The zero-order valence-corrected chi connectivity index (χ0v) is 12.6. The molecule has 2 saturated carbocycles. The van der Waals surface area contributed by atoms with Gasteiger partial charge in [0, 0.05) is 12.1 Å². The van der Waals surface area contributed by atoms with Crippen LogP contribution < -0.4 is 5.32 Å². The fourth-order valence-corrected chi connectivity index (χ4v) is 4.80. The predicted molar refractivity (Wildman–Crippen MR) is 83.8 cm³/mol. The van der Waals surface area contributed by atoms with Gasteiger partial charge in [-0.05, 0) is 74.3 Å². The molecule has 2 fully saturated rings. The highest BCUT2D eigenvalue weighted by molar-refractivity contribution is 5.30. The summed E-state index contributed by atoms with van der Waals surface area (Å²) in [5.74, 6) is 2.72. The topological polar surface area (TPSA) is 12.0 Å². The van der Waals surface area contributed by atoms with Gasteiger partial charge >= 0.3 is 0 Å². The molecule has 0 amide bonds. The lowest BCUT2D eigenvalue weighted by molar-refractivity contribution is 0.200. The Labute approximate surface area is 123 Å². The van der Waals surface area contributed by atoms with Gasteiger partial charge in [0.25, 0.3) is 0 Å². The molecule has 1 aromatic carbocycles. The van der Waals surface area contributed by atoms with Crippen LogP contribution in [0.3, 0.4) is 0 Å². The zero-order chi connectivity index (χ0) is 13.5. The highest BCUT2D eigenvalue weighted by Crippen LogP contribution is 2.41. The van der Waals surface area contributed by atoms with Crippen molar-refractivity contribution in [2.24, 2.45) is 17.8 Å². The SMILES string of the molecule is CC(NC1C2CCC1Cc1ccccc1C2)C1CCC1. The van der Waals surface area contributed by atoms with Crippen LogP contribution in [-0.2, 0) is 12.8 Å². The fourth-order valence-electron chi connectivity index (χ4n) is 4.80. The lowest BCUT2D eigenvalue weighted by Gasteiger charge is -2.36. The summed E-state index contributed by atoms with van der Waals surface area (Å²) in [6, 6.07) is 10.7. The van der Waals surface area contributed by atoms with Gasteiger partial charge in [0.1, 0.15) is 0 Å². The zero-order valence-electron chi connectivity index (χ0n) is 12.6. The Hall–Kier alpha value is -0.820. The van der Waals surface area contributed by atoms with Crippen molar-refractivity contribution in [2.75, 3.05) is 0 Å². The Morgan fingerprint density at radius 1 is 0.950 bits per heavy atom. The van der Waals surface area contributed by atoms with E-state index in [2.05, 4.69) is 36.5 Å². The molecule has 0 spiro atoms. The number of benzene rings is 1. The summed E-state index contributed by atoms with van der Waals surface area (Å²) >= 11 is 0. The summed E-state index contributed by atoms with van der Waals surface area (Å²) in [7, 11) is 0. The van der Waals surface area contributed by atoms with E-state index in [0.29, 0.717) is 0 Å². The monoisotopic (exact) mass is 269 g/mol. The van der Waals surface area contributed by atoms with E-state index in [1.165, 1.54) is 44.9 Å². The third-order valence-electron chi connectivity index (χ3n) is 6.32. The highest BCUT2D eigenvalue weighted by atomic mass is 15.0. The predicted octanol–water partition coefficient (Wildman–Crippen LogP) is 3.96. The summed E-state index contributed by atoms with van der Waals surface area (Å²) < 4.78 is 0. The molecule has 20 heavy (non-hydrogen) atoms. The number of hydrogen-bond acceptors (Lipinski definition) is 1. The molecule has 1 N–H and O–H groups in total. The van der Waals surface area contributed by atoms with Gasteiger partial charge in [-0.25, -0.2) is 0 Å². The minimum absolute atomic E-state index is 0.734. The second kappa shape index (κ2) is 5.18. The molecule has 0 radical (unpaired) electrons. The molecule has 4 rings (SSSR count). The van der Waals surface area contributed by atoms with E-state index >= 15 is 0 Å². The lowest BCUT2D eigenvalue weighted by Crippen LogP contribution is -2.47. The maximum Gasteiger partial charge on any atom is 0.0132 e. The minimum atomic E-state index is 0.734. The van der Waals surface area contributed by atoms with Crippen LogP contribution in [0.15, 0.2) is 24.3 Å². The summed E-state index contributed by atoms with van der Waals surface area (Å²) in [6.45, 7) is 2.43. The Balaban J connectivity index is 1.51. The number of hydrogen-bond donors (Lipinski definition) is 1. The maximum atomic E-state index is 4.06. The van der Waals surface area contributed by atoms with E-state index in [4.69, 9.17) is 0 Å². The summed E-state index contributed by atoms with van der Waals surface area (Å²) in [5.41, 5.74) is 3.26. The molecule has 1 heteroatoms. The van der Waals surface area contributed by atoms with Crippen LogP contribution in [0.5, 0.6) is 0 Å². The van der Waals surface area contributed by atoms with Crippen molar-refractivity contribution in [3.63, 3.8) is 0 Å². The van der Waals surface area contributed by atoms with E-state index in [9.17, 15) is 0 Å². The Morgan fingerprint density at radius 3 is 2.05 bits per heavy atom.